The molecule has 2 heteroatoms. The van der Waals surface area contributed by atoms with Gasteiger partial charge in [0, 0.05) is 6.61 Å². The van der Waals surface area contributed by atoms with E-state index in [1.807, 2.05) is 6.07 Å². The summed E-state index contributed by atoms with van der Waals surface area (Å²) in [6.07, 6.45) is 1.21. The Morgan fingerprint density at radius 1 is 1.27 bits per heavy atom. The van der Waals surface area contributed by atoms with E-state index in [-0.39, 0.29) is 0 Å². The Hall–Kier alpha value is -0.755. The molecule has 1 fully saturated rings. The molecule has 0 spiro atoms. The van der Waals surface area contributed by atoms with Crippen molar-refractivity contribution < 1.29 is 4.74 Å². The predicted octanol–water partition coefficient (Wildman–Crippen LogP) is 1.57. The molecular formula is C9H11BO. The summed E-state index contributed by atoms with van der Waals surface area (Å²) in [6.45, 7) is 0.930. The van der Waals surface area contributed by atoms with Crippen molar-refractivity contribution in [2.45, 2.75) is 12.3 Å². The van der Waals surface area contributed by atoms with Crippen molar-refractivity contribution in [3.05, 3.63) is 35.9 Å². The maximum atomic E-state index is 5.54. The van der Waals surface area contributed by atoms with Crippen molar-refractivity contribution in [3.8, 4) is 0 Å². The predicted molar refractivity (Wildman–Crippen MR) is 47.1 cm³/mol. The molecule has 1 saturated heterocycles. The van der Waals surface area contributed by atoms with Gasteiger partial charge in [-0.25, -0.2) is 0 Å². The van der Waals surface area contributed by atoms with Crippen LogP contribution >= 0.6 is 0 Å². The summed E-state index contributed by atoms with van der Waals surface area (Å²) < 4.78 is 5.54. The third-order valence-corrected chi connectivity index (χ3v) is 2.10. The SMILES string of the molecule is B1CCOC1c1ccccc1. The van der Waals surface area contributed by atoms with E-state index >= 15 is 0 Å². The Balaban J connectivity index is 2.16. The Labute approximate surface area is 67.6 Å². The van der Waals surface area contributed by atoms with E-state index in [4.69, 9.17) is 4.74 Å². The molecule has 0 N–H and O–H groups in total. The van der Waals surface area contributed by atoms with E-state index in [1.54, 1.807) is 0 Å². The van der Waals surface area contributed by atoms with Crippen LogP contribution in [0, 0.1) is 0 Å². The highest BCUT2D eigenvalue weighted by molar-refractivity contribution is 6.38. The lowest BCUT2D eigenvalue weighted by atomic mass is 9.68. The van der Waals surface area contributed by atoms with Crippen molar-refractivity contribution in [1.82, 2.24) is 0 Å². The van der Waals surface area contributed by atoms with Gasteiger partial charge in [0.2, 0.25) is 0 Å². The number of ether oxygens (including phenoxy) is 1. The number of hydrogen-bond acceptors (Lipinski definition) is 1. The summed E-state index contributed by atoms with van der Waals surface area (Å²) in [4.78, 5) is 0. The van der Waals surface area contributed by atoms with Crippen LogP contribution < -0.4 is 0 Å². The molecule has 0 aliphatic carbocycles. The van der Waals surface area contributed by atoms with E-state index in [1.165, 1.54) is 19.2 Å². The van der Waals surface area contributed by atoms with Gasteiger partial charge in [-0.2, -0.15) is 0 Å². The van der Waals surface area contributed by atoms with Crippen molar-refractivity contribution in [2.75, 3.05) is 6.61 Å². The fourth-order valence-corrected chi connectivity index (χ4v) is 1.51. The number of rotatable bonds is 1. The third-order valence-electron chi connectivity index (χ3n) is 2.10. The third kappa shape index (κ3) is 1.46. The quantitative estimate of drug-likeness (QED) is 0.546. The molecule has 0 radical (unpaired) electrons. The average Bonchev–Trinajstić information content (AvgIpc) is 2.58. The second-order valence-corrected chi connectivity index (χ2v) is 2.91. The maximum absolute atomic E-state index is 5.54. The molecule has 1 aliphatic heterocycles. The normalized spacial score (nSPS) is 23.1. The first-order chi connectivity index (χ1) is 5.47. The minimum absolute atomic E-state index is 0.371. The molecule has 11 heavy (non-hydrogen) atoms. The topological polar surface area (TPSA) is 9.23 Å². The standard InChI is InChI=1S/C9H11BO/c1-2-4-8(5-3-1)9-10-6-7-11-9/h1-5,9-10H,6-7H2. The maximum Gasteiger partial charge on any atom is 0.165 e. The van der Waals surface area contributed by atoms with Crippen LogP contribution in [0.2, 0.25) is 6.32 Å². The average molecular weight is 146 g/mol. The lowest BCUT2D eigenvalue weighted by Gasteiger charge is -2.07. The second-order valence-electron chi connectivity index (χ2n) is 2.91. The van der Waals surface area contributed by atoms with Gasteiger partial charge in [-0.3, -0.25) is 0 Å². The van der Waals surface area contributed by atoms with Crippen LogP contribution in [0.1, 0.15) is 11.6 Å². The van der Waals surface area contributed by atoms with E-state index in [0.29, 0.717) is 6.00 Å². The van der Waals surface area contributed by atoms with Gasteiger partial charge >= 0.3 is 0 Å². The van der Waals surface area contributed by atoms with Crippen molar-refractivity contribution in [3.63, 3.8) is 0 Å². The molecule has 1 unspecified atom stereocenters. The molecule has 56 valence electrons. The largest absolute Gasteiger partial charge is 0.383 e. The first-order valence-corrected chi connectivity index (χ1v) is 4.13. The van der Waals surface area contributed by atoms with Gasteiger partial charge < -0.3 is 4.74 Å². The molecule has 0 aromatic heterocycles. The van der Waals surface area contributed by atoms with E-state index in [2.05, 4.69) is 24.3 Å². The van der Waals surface area contributed by atoms with Gasteiger partial charge in [0.1, 0.15) is 0 Å². The van der Waals surface area contributed by atoms with Crippen LogP contribution in [0.15, 0.2) is 30.3 Å². The van der Waals surface area contributed by atoms with Crippen LogP contribution in [0.25, 0.3) is 0 Å². The molecule has 2 rings (SSSR count). The minimum atomic E-state index is 0.371. The minimum Gasteiger partial charge on any atom is -0.383 e. The van der Waals surface area contributed by atoms with Crippen molar-refractivity contribution in [2.24, 2.45) is 0 Å². The van der Waals surface area contributed by atoms with Crippen LogP contribution in [0.4, 0.5) is 0 Å². The molecular weight excluding hydrogens is 135 g/mol. The molecule has 1 heterocycles. The van der Waals surface area contributed by atoms with Gasteiger partial charge in [-0.15, -0.1) is 0 Å². The molecule has 0 amide bonds. The molecule has 1 nitrogen and oxygen atoms in total. The smallest absolute Gasteiger partial charge is 0.165 e. The summed E-state index contributed by atoms with van der Waals surface area (Å²) in [7, 11) is 1.18. The molecule has 1 aromatic carbocycles. The summed E-state index contributed by atoms with van der Waals surface area (Å²) in [6, 6.07) is 10.8. The fraction of sp³-hybridized carbons (Fsp3) is 0.333. The molecule has 1 atom stereocenters. The van der Waals surface area contributed by atoms with Crippen LogP contribution in [-0.2, 0) is 4.74 Å². The molecule has 1 aromatic rings. The number of benzene rings is 1. The highest BCUT2D eigenvalue weighted by Crippen LogP contribution is 2.21. The first kappa shape index (κ1) is 6.92. The molecule has 0 bridgehead atoms. The van der Waals surface area contributed by atoms with E-state index in [0.717, 1.165) is 6.61 Å². The van der Waals surface area contributed by atoms with Gasteiger partial charge in [0.05, 0.1) is 6.00 Å². The van der Waals surface area contributed by atoms with E-state index < -0.39 is 0 Å². The Bertz CT molecular complexity index is 216. The summed E-state index contributed by atoms with van der Waals surface area (Å²) in [5, 5.41) is 0. The summed E-state index contributed by atoms with van der Waals surface area (Å²) in [5.41, 5.74) is 1.32. The number of hydrogen-bond donors (Lipinski definition) is 0. The van der Waals surface area contributed by atoms with Crippen LogP contribution in [0.3, 0.4) is 0 Å². The molecule has 0 saturated carbocycles. The van der Waals surface area contributed by atoms with E-state index in [9.17, 15) is 0 Å². The highest BCUT2D eigenvalue weighted by Gasteiger charge is 2.18. The lowest BCUT2D eigenvalue weighted by Crippen LogP contribution is -2.00. The Morgan fingerprint density at radius 2 is 2.09 bits per heavy atom. The van der Waals surface area contributed by atoms with Crippen molar-refractivity contribution >= 4 is 7.28 Å². The first-order valence-electron chi connectivity index (χ1n) is 4.13. The van der Waals surface area contributed by atoms with Crippen LogP contribution in [-0.4, -0.2) is 13.9 Å². The fourth-order valence-electron chi connectivity index (χ4n) is 1.51. The highest BCUT2D eigenvalue weighted by atomic mass is 16.5. The van der Waals surface area contributed by atoms with Gasteiger partial charge in [-0.05, 0) is 5.56 Å². The zero-order chi connectivity index (χ0) is 7.52. The van der Waals surface area contributed by atoms with Gasteiger partial charge in [0.25, 0.3) is 0 Å². The Morgan fingerprint density at radius 3 is 2.73 bits per heavy atom. The molecule has 1 aliphatic rings. The van der Waals surface area contributed by atoms with Crippen molar-refractivity contribution in [1.29, 1.82) is 0 Å². The Kier molecular flexibility index (Phi) is 1.95. The van der Waals surface area contributed by atoms with Crippen LogP contribution in [0.5, 0.6) is 0 Å². The van der Waals surface area contributed by atoms with Gasteiger partial charge in [0.15, 0.2) is 7.28 Å². The monoisotopic (exact) mass is 146 g/mol. The second kappa shape index (κ2) is 3.10. The zero-order valence-electron chi connectivity index (χ0n) is 6.49. The van der Waals surface area contributed by atoms with Gasteiger partial charge in [-0.1, -0.05) is 36.7 Å². The summed E-state index contributed by atoms with van der Waals surface area (Å²) in [5.74, 6) is 0. The zero-order valence-corrected chi connectivity index (χ0v) is 6.49. The summed E-state index contributed by atoms with van der Waals surface area (Å²) >= 11 is 0. The lowest BCUT2D eigenvalue weighted by molar-refractivity contribution is 0.140.